The lowest BCUT2D eigenvalue weighted by molar-refractivity contribution is 0.177. The highest BCUT2D eigenvalue weighted by atomic mass is 35.5. The second kappa shape index (κ2) is 4.51. The van der Waals surface area contributed by atoms with Crippen molar-refractivity contribution in [3.8, 4) is 0 Å². The Morgan fingerprint density at radius 3 is 2.86 bits per heavy atom. The van der Waals surface area contributed by atoms with E-state index in [4.69, 9.17) is 22.1 Å². The molecular formula is C10H13ClFNO. The fourth-order valence-corrected chi connectivity index (χ4v) is 1.19. The number of rotatable bonds is 2. The van der Waals surface area contributed by atoms with E-state index >= 15 is 0 Å². The first kappa shape index (κ1) is 11.1. The van der Waals surface area contributed by atoms with Gasteiger partial charge in [-0.1, -0.05) is 11.6 Å². The standard InChI is InChI=1S/C10H13ClFNO/c1-6(2)14-5-7-3-10(13)9(12)4-8(7)11/h4-6H,3,13H2,1-2H3. The average Bonchev–Trinajstić information content (AvgIpc) is 2.09. The summed E-state index contributed by atoms with van der Waals surface area (Å²) in [6.45, 7) is 3.80. The van der Waals surface area contributed by atoms with Crippen molar-refractivity contribution in [2.45, 2.75) is 26.4 Å². The van der Waals surface area contributed by atoms with Crippen LogP contribution in [0, 0.1) is 0 Å². The average molecular weight is 218 g/mol. The molecule has 0 bridgehead atoms. The monoisotopic (exact) mass is 217 g/mol. The molecule has 1 aliphatic rings. The van der Waals surface area contributed by atoms with Gasteiger partial charge in [-0.25, -0.2) is 4.39 Å². The summed E-state index contributed by atoms with van der Waals surface area (Å²) in [6.07, 6.45) is 3.11. The van der Waals surface area contributed by atoms with Crippen LogP contribution in [0.25, 0.3) is 0 Å². The molecule has 78 valence electrons. The Hall–Kier alpha value is -0.960. The van der Waals surface area contributed by atoms with Gasteiger partial charge in [-0.15, -0.1) is 0 Å². The number of nitrogens with two attached hydrogens (primary N) is 1. The Bertz CT molecular complexity index is 318. The van der Waals surface area contributed by atoms with E-state index < -0.39 is 5.83 Å². The van der Waals surface area contributed by atoms with E-state index in [1.165, 1.54) is 12.3 Å². The minimum Gasteiger partial charge on any atom is -0.498 e. The maximum Gasteiger partial charge on any atom is 0.143 e. The highest BCUT2D eigenvalue weighted by Gasteiger charge is 2.14. The topological polar surface area (TPSA) is 35.2 Å². The molecule has 0 saturated carbocycles. The Morgan fingerprint density at radius 1 is 1.64 bits per heavy atom. The van der Waals surface area contributed by atoms with Crippen LogP contribution in [0.2, 0.25) is 0 Å². The molecule has 14 heavy (non-hydrogen) atoms. The lowest BCUT2D eigenvalue weighted by Crippen LogP contribution is -2.07. The van der Waals surface area contributed by atoms with Crippen molar-refractivity contribution < 1.29 is 9.13 Å². The Balaban J connectivity index is 2.77. The van der Waals surface area contributed by atoms with Crippen LogP contribution in [0.15, 0.2) is 34.5 Å². The van der Waals surface area contributed by atoms with E-state index in [2.05, 4.69) is 0 Å². The quantitative estimate of drug-likeness (QED) is 0.722. The Labute approximate surface area is 87.9 Å². The predicted molar refractivity (Wildman–Crippen MR) is 55.2 cm³/mol. The molecule has 0 amide bonds. The van der Waals surface area contributed by atoms with Crippen molar-refractivity contribution in [2.24, 2.45) is 5.73 Å². The molecule has 1 rings (SSSR count). The van der Waals surface area contributed by atoms with Gasteiger partial charge in [0.2, 0.25) is 0 Å². The SMILES string of the molecule is CC(C)OC=C1CC(N)=C(F)C=C1Cl. The second-order valence-electron chi connectivity index (χ2n) is 3.37. The molecule has 0 saturated heterocycles. The van der Waals surface area contributed by atoms with Crippen LogP contribution in [0.1, 0.15) is 20.3 Å². The van der Waals surface area contributed by atoms with Gasteiger partial charge in [-0.05, 0) is 19.9 Å². The third kappa shape index (κ3) is 2.77. The third-order valence-electron chi connectivity index (χ3n) is 1.73. The smallest absolute Gasteiger partial charge is 0.143 e. The van der Waals surface area contributed by atoms with Gasteiger partial charge in [0.1, 0.15) is 5.83 Å². The van der Waals surface area contributed by atoms with E-state index in [9.17, 15) is 4.39 Å². The molecule has 0 atom stereocenters. The maximum absolute atomic E-state index is 12.9. The molecule has 0 heterocycles. The molecule has 0 aromatic carbocycles. The Morgan fingerprint density at radius 2 is 2.29 bits per heavy atom. The van der Waals surface area contributed by atoms with E-state index in [-0.39, 0.29) is 11.8 Å². The number of allylic oxidation sites excluding steroid dienone is 4. The molecule has 0 unspecified atom stereocenters. The van der Waals surface area contributed by atoms with Crippen molar-refractivity contribution in [3.05, 3.63) is 34.5 Å². The summed E-state index contributed by atoms with van der Waals surface area (Å²) in [7, 11) is 0. The number of ether oxygens (including phenoxy) is 1. The van der Waals surface area contributed by atoms with Crippen molar-refractivity contribution >= 4 is 11.6 Å². The minimum atomic E-state index is -0.461. The summed E-state index contributed by atoms with van der Waals surface area (Å²) in [4.78, 5) is 0. The number of hydrogen-bond acceptors (Lipinski definition) is 2. The molecule has 0 fully saturated rings. The molecule has 2 N–H and O–H groups in total. The van der Waals surface area contributed by atoms with Crippen LogP contribution >= 0.6 is 11.6 Å². The largest absolute Gasteiger partial charge is 0.498 e. The first-order valence-electron chi connectivity index (χ1n) is 4.37. The van der Waals surface area contributed by atoms with Gasteiger partial charge >= 0.3 is 0 Å². The van der Waals surface area contributed by atoms with Crippen LogP contribution in [-0.4, -0.2) is 6.10 Å². The highest BCUT2D eigenvalue weighted by molar-refractivity contribution is 6.32. The molecule has 2 nitrogen and oxygen atoms in total. The van der Waals surface area contributed by atoms with Crippen LogP contribution in [-0.2, 0) is 4.74 Å². The van der Waals surface area contributed by atoms with Gasteiger partial charge in [0.15, 0.2) is 0 Å². The summed E-state index contributed by atoms with van der Waals surface area (Å²) in [5.74, 6) is -0.461. The minimum absolute atomic E-state index is 0.0731. The van der Waals surface area contributed by atoms with Crippen LogP contribution in [0.3, 0.4) is 0 Å². The normalized spacial score (nSPS) is 20.4. The van der Waals surface area contributed by atoms with Crippen molar-refractivity contribution in [1.29, 1.82) is 0 Å². The van der Waals surface area contributed by atoms with Crippen LogP contribution in [0.4, 0.5) is 4.39 Å². The summed E-state index contributed by atoms with van der Waals surface area (Å²) in [6, 6.07) is 0. The summed E-state index contributed by atoms with van der Waals surface area (Å²) in [5.41, 5.74) is 6.34. The molecular weight excluding hydrogens is 205 g/mol. The molecule has 0 aromatic heterocycles. The van der Waals surface area contributed by atoms with E-state index in [0.29, 0.717) is 17.0 Å². The summed E-state index contributed by atoms with van der Waals surface area (Å²) in [5, 5.41) is 0.345. The zero-order chi connectivity index (χ0) is 10.7. The zero-order valence-electron chi connectivity index (χ0n) is 8.18. The van der Waals surface area contributed by atoms with Gasteiger partial charge in [-0.2, -0.15) is 0 Å². The number of hydrogen-bond donors (Lipinski definition) is 1. The van der Waals surface area contributed by atoms with E-state index in [0.717, 1.165) is 0 Å². The fourth-order valence-electron chi connectivity index (χ4n) is 0.987. The van der Waals surface area contributed by atoms with Gasteiger partial charge in [0, 0.05) is 17.7 Å². The predicted octanol–water partition coefficient (Wildman–Crippen LogP) is 2.96. The van der Waals surface area contributed by atoms with Crippen LogP contribution < -0.4 is 5.73 Å². The molecule has 0 aromatic rings. The molecule has 4 heteroatoms. The van der Waals surface area contributed by atoms with Crippen molar-refractivity contribution in [1.82, 2.24) is 0 Å². The van der Waals surface area contributed by atoms with Gasteiger partial charge < -0.3 is 10.5 Å². The van der Waals surface area contributed by atoms with Crippen molar-refractivity contribution in [3.63, 3.8) is 0 Å². The first-order chi connectivity index (χ1) is 6.50. The van der Waals surface area contributed by atoms with Gasteiger partial charge in [0.25, 0.3) is 0 Å². The molecule has 1 aliphatic carbocycles. The van der Waals surface area contributed by atoms with E-state index in [1.807, 2.05) is 13.8 Å². The fraction of sp³-hybridized carbons (Fsp3) is 0.400. The lowest BCUT2D eigenvalue weighted by Gasteiger charge is -2.13. The molecule has 0 aliphatic heterocycles. The lowest BCUT2D eigenvalue weighted by atomic mass is 10.1. The molecule has 0 spiro atoms. The summed E-state index contributed by atoms with van der Waals surface area (Å²) < 4.78 is 18.2. The number of halogens is 2. The molecule has 0 radical (unpaired) electrons. The van der Waals surface area contributed by atoms with Gasteiger partial charge in [-0.3, -0.25) is 0 Å². The first-order valence-corrected chi connectivity index (χ1v) is 4.74. The Kier molecular flexibility index (Phi) is 3.58. The van der Waals surface area contributed by atoms with Crippen molar-refractivity contribution in [2.75, 3.05) is 0 Å². The maximum atomic E-state index is 12.9. The zero-order valence-corrected chi connectivity index (χ0v) is 8.94. The third-order valence-corrected chi connectivity index (χ3v) is 2.08. The summed E-state index contributed by atoms with van der Waals surface area (Å²) >= 11 is 5.81. The van der Waals surface area contributed by atoms with Gasteiger partial charge in [0.05, 0.1) is 17.4 Å². The van der Waals surface area contributed by atoms with E-state index in [1.54, 1.807) is 0 Å². The van der Waals surface area contributed by atoms with Crippen LogP contribution in [0.5, 0.6) is 0 Å². The second-order valence-corrected chi connectivity index (χ2v) is 3.78. The highest BCUT2D eigenvalue weighted by Crippen LogP contribution is 2.29.